The van der Waals surface area contributed by atoms with Gasteiger partial charge in [0.25, 0.3) is 5.24 Å². The molecule has 3 rings (SSSR count). The van der Waals surface area contributed by atoms with E-state index in [0.717, 1.165) is 31.4 Å². The Bertz CT molecular complexity index is 836. The lowest BCUT2D eigenvalue weighted by Gasteiger charge is -2.31. The third-order valence-corrected chi connectivity index (χ3v) is 5.99. The van der Waals surface area contributed by atoms with Crippen LogP contribution in [0.2, 0.25) is 5.02 Å². The lowest BCUT2D eigenvalue weighted by atomic mass is 9.80. The molecular weight excluding hydrogens is 425 g/mol. The monoisotopic (exact) mass is 449 g/mol. The van der Waals surface area contributed by atoms with Crippen LogP contribution in [0.4, 0.5) is 16.2 Å². The molecule has 0 radical (unpaired) electrons. The van der Waals surface area contributed by atoms with E-state index in [1.807, 2.05) is 30.3 Å². The van der Waals surface area contributed by atoms with Crippen LogP contribution < -0.4 is 4.90 Å². The van der Waals surface area contributed by atoms with Gasteiger partial charge < -0.3 is 9.47 Å². The lowest BCUT2D eigenvalue weighted by molar-refractivity contribution is -0.124. The number of amides is 1. The van der Waals surface area contributed by atoms with Crippen LogP contribution in [0.3, 0.4) is 0 Å². The second-order valence-corrected chi connectivity index (χ2v) is 8.27. The first kappa shape index (κ1) is 22.6. The quantitative estimate of drug-likeness (QED) is 0.471. The van der Waals surface area contributed by atoms with Crippen LogP contribution in [0.15, 0.2) is 54.6 Å². The molecule has 2 aromatic carbocycles. The number of carbonyl (C=O) groups is 2. The standard InChI is InChI=1S/C23H25Cl2NO4/c1-29-21(22(25)27)17-9-7-16(8-10-17)15-30-23(28)26(19-5-3-2-4-6-19)20-13-11-18(24)12-14-20/h2-6,11-14,16-17,21H,7-10,15H2,1H3. The Balaban J connectivity index is 1.62. The van der Waals surface area contributed by atoms with Crippen LogP contribution >= 0.6 is 23.2 Å². The number of hydrogen-bond acceptors (Lipinski definition) is 4. The van der Waals surface area contributed by atoms with Crippen LogP contribution in [0.25, 0.3) is 0 Å². The molecule has 1 fully saturated rings. The zero-order chi connectivity index (χ0) is 21.5. The van der Waals surface area contributed by atoms with Crippen molar-refractivity contribution < 1.29 is 19.1 Å². The van der Waals surface area contributed by atoms with E-state index in [1.165, 1.54) is 12.0 Å². The van der Waals surface area contributed by atoms with Crippen molar-refractivity contribution in [3.63, 3.8) is 0 Å². The summed E-state index contributed by atoms with van der Waals surface area (Å²) in [6.45, 7) is 0.328. The molecule has 0 bridgehead atoms. The SMILES string of the molecule is COC(C(=O)Cl)C1CCC(COC(=O)N(c2ccccc2)c2ccc(Cl)cc2)CC1. The van der Waals surface area contributed by atoms with Gasteiger partial charge in [-0.15, -0.1) is 0 Å². The first-order chi connectivity index (χ1) is 14.5. The van der Waals surface area contributed by atoms with E-state index < -0.39 is 17.4 Å². The topological polar surface area (TPSA) is 55.8 Å². The minimum absolute atomic E-state index is 0.113. The first-order valence-corrected chi connectivity index (χ1v) is 10.7. The molecule has 0 spiro atoms. The summed E-state index contributed by atoms with van der Waals surface area (Å²) < 4.78 is 10.9. The lowest BCUT2D eigenvalue weighted by Crippen LogP contribution is -2.34. The summed E-state index contributed by atoms with van der Waals surface area (Å²) in [5.41, 5.74) is 1.40. The maximum atomic E-state index is 13.0. The number of nitrogens with zero attached hydrogens (tertiary/aromatic N) is 1. The van der Waals surface area contributed by atoms with E-state index >= 15 is 0 Å². The van der Waals surface area contributed by atoms with Crippen LogP contribution in [0.1, 0.15) is 25.7 Å². The van der Waals surface area contributed by atoms with Crippen molar-refractivity contribution in [2.75, 3.05) is 18.6 Å². The minimum atomic E-state index is -0.561. The molecule has 0 heterocycles. The van der Waals surface area contributed by atoms with Crippen molar-refractivity contribution in [2.24, 2.45) is 11.8 Å². The summed E-state index contributed by atoms with van der Waals surface area (Å²) in [6.07, 6.45) is 2.35. The molecule has 7 heteroatoms. The highest BCUT2D eigenvalue weighted by Gasteiger charge is 2.32. The third-order valence-electron chi connectivity index (χ3n) is 5.52. The molecule has 160 valence electrons. The van der Waals surface area contributed by atoms with Gasteiger partial charge in [0.1, 0.15) is 6.10 Å². The Hall–Kier alpha value is -2.08. The predicted molar refractivity (Wildman–Crippen MR) is 118 cm³/mol. The molecular formula is C23H25Cl2NO4. The van der Waals surface area contributed by atoms with Gasteiger partial charge in [0.05, 0.1) is 18.0 Å². The number of halogens is 2. The van der Waals surface area contributed by atoms with E-state index in [0.29, 0.717) is 17.3 Å². The minimum Gasteiger partial charge on any atom is -0.449 e. The number of carbonyl (C=O) groups excluding carboxylic acids is 2. The average Bonchev–Trinajstić information content (AvgIpc) is 2.76. The number of ether oxygens (including phenoxy) is 2. The smallest absolute Gasteiger partial charge is 0.418 e. The van der Waals surface area contributed by atoms with Gasteiger partial charge in [-0.2, -0.15) is 0 Å². The highest BCUT2D eigenvalue weighted by Crippen LogP contribution is 2.33. The summed E-state index contributed by atoms with van der Waals surface area (Å²) in [5, 5.41) is 0.149. The molecule has 1 unspecified atom stereocenters. The molecule has 0 aromatic heterocycles. The van der Waals surface area contributed by atoms with E-state index in [9.17, 15) is 9.59 Å². The number of methoxy groups -OCH3 is 1. The Kier molecular flexibility index (Phi) is 8.14. The highest BCUT2D eigenvalue weighted by atomic mass is 35.5. The number of anilines is 2. The Morgan fingerprint density at radius 1 is 1.00 bits per heavy atom. The van der Waals surface area contributed by atoms with Crippen LogP contribution in [-0.4, -0.2) is 31.2 Å². The van der Waals surface area contributed by atoms with E-state index in [1.54, 1.807) is 24.3 Å². The number of hydrogen-bond donors (Lipinski definition) is 0. The molecule has 5 nitrogen and oxygen atoms in total. The average molecular weight is 450 g/mol. The normalized spacial score (nSPS) is 19.7. The number of rotatable bonds is 7. The van der Waals surface area contributed by atoms with Crippen LogP contribution in [-0.2, 0) is 14.3 Å². The Labute approximate surface area is 186 Å². The molecule has 0 saturated heterocycles. The second kappa shape index (κ2) is 10.8. The largest absolute Gasteiger partial charge is 0.449 e. The van der Waals surface area contributed by atoms with Crippen molar-refractivity contribution >= 4 is 45.9 Å². The van der Waals surface area contributed by atoms with Gasteiger partial charge in [0, 0.05) is 12.1 Å². The van der Waals surface area contributed by atoms with Gasteiger partial charge in [0.2, 0.25) is 0 Å². The number of benzene rings is 2. The molecule has 0 N–H and O–H groups in total. The fourth-order valence-corrected chi connectivity index (χ4v) is 4.30. The van der Waals surface area contributed by atoms with Gasteiger partial charge in [-0.3, -0.25) is 4.79 Å². The van der Waals surface area contributed by atoms with Crippen molar-refractivity contribution in [3.8, 4) is 0 Å². The molecule has 2 aromatic rings. The zero-order valence-corrected chi connectivity index (χ0v) is 18.3. The van der Waals surface area contributed by atoms with Crippen molar-refractivity contribution in [1.82, 2.24) is 0 Å². The molecule has 0 aliphatic heterocycles. The van der Waals surface area contributed by atoms with Crippen LogP contribution in [0, 0.1) is 11.8 Å². The summed E-state index contributed by atoms with van der Waals surface area (Å²) in [7, 11) is 1.51. The van der Waals surface area contributed by atoms with Gasteiger partial charge in [-0.05, 0) is 85.5 Å². The maximum absolute atomic E-state index is 13.0. The third kappa shape index (κ3) is 5.75. The highest BCUT2D eigenvalue weighted by molar-refractivity contribution is 6.64. The maximum Gasteiger partial charge on any atom is 0.418 e. The molecule has 1 saturated carbocycles. The van der Waals surface area contributed by atoms with Gasteiger partial charge in [-0.1, -0.05) is 29.8 Å². The fourth-order valence-electron chi connectivity index (χ4n) is 3.91. The molecule has 1 aliphatic rings. The molecule has 1 atom stereocenters. The van der Waals surface area contributed by atoms with Gasteiger partial charge in [-0.25, -0.2) is 9.69 Å². The van der Waals surface area contributed by atoms with Gasteiger partial charge in [0.15, 0.2) is 0 Å². The zero-order valence-electron chi connectivity index (χ0n) is 16.8. The Morgan fingerprint density at radius 2 is 1.60 bits per heavy atom. The second-order valence-electron chi connectivity index (χ2n) is 7.47. The fraction of sp³-hybridized carbons (Fsp3) is 0.391. The summed E-state index contributed by atoms with van der Waals surface area (Å²) in [6, 6.07) is 16.4. The van der Waals surface area contributed by atoms with Crippen molar-refractivity contribution in [1.29, 1.82) is 0 Å². The van der Waals surface area contributed by atoms with Crippen molar-refractivity contribution in [2.45, 2.75) is 31.8 Å². The predicted octanol–water partition coefficient (Wildman–Crippen LogP) is 6.20. The van der Waals surface area contributed by atoms with Crippen molar-refractivity contribution in [3.05, 3.63) is 59.6 Å². The van der Waals surface area contributed by atoms with E-state index in [2.05, 4.69) is 0 Å². The summed E-state index contributed by atoms with van der Waals surface area (Å²) in [4.78, 5) is 26.0. The van der Waals surface area contributed by atoms with E-state index in [-0.39, 0.29) is 11.8 Å². The Morgan fingerprint density at radius 3 is 2.17 bits per heavy atom. The molecule has 1 amide bonds. The van der Waals surface area contributed by atoms with Crippen LogP contribution in [0.5, 0.6) is 0 Å². The summed E-state index contributed by atoms with van der Waals surface area (Å²) >= 11 is 11.6. The number of para-hydroxylation sites is 1. The molecule has 1 aliphatic carbocycles. The summed E-state index contributed by atoms with van der Waals surface area (Å²) in [5.74, 6) is 0.359. The first-order valence-electron chi connectivity index (χ1n) is 9.99. The molecule has 30 heavy (non-hydrogen) atoms. The van der Waals surface area contributed by atoms with E-state index in [4.69, 9.17) is 32.7 Å². The van der Waals surface area contributed by atoms with Gasteiger partial charge >= 0.3 is 6.09 Å².